The number of hydrogen-bond acceptors (Lipinski definition) is 4. The number of aromatic amines is 1. The fraction of sp³-hybridized carbons (Fsp3) is 0.529. The Morgan fingerprint density at radius 1 is 1.48 bits per heavy atom. The van der Waals surface area contributed by atoms with Gasteiger partial charge in [0.05, 0.1) is 10.7 Å². The van der Waals surface area contributed by atoms with Crippen molar-refractivity contribution in [3.05, 3.63) is 28.3 Å². The van der Waals surface area contributed by atoms with Crippen LogP contribution in [0.4, 0.5) is 0 Å². The lowest BCUT2D eigenvalue weighted by molar-refractivity contribution is 0.0682. The van der Waals surface area contributed by atoms with E-state index in [9.17, 15) is 4.79 Å². The van der Waals surface area contributed by atoms with E-state index in [0.29, 0.717) is 5.69 Å². The van der Waals surface area contributed by atoms with E-state index < -0.39 is 0 Å². The van der Waals surface area contributed by atoms with Gasteiger partial charge in [-0.05, 0) is 51.8 Å². The molecule has 6 heteroatoms. The highest BCUT2D eigenvalue weighted by Crippen LogP contribution is 2.24. The summed E-state index contributed by atoms with van der Waals surface area (Å²) in [6, 6.07) is 1.92. The summed E-state index contributed by atoms with van der Waals surface area (Å²) in [6.07, 6.45) is 5.29. The molecule has 1 aliphatic rings. The molecule has 3 heterocycles. The summed E-state index contributed by atoms with van der Waals surface area (Å²) in [5.74, 6) is 0.846. The molecule has 1 fully saturated rings. The summed E-state index contributed by atoms with van der Waals surface area (Å²) < 4.78 is 0. The minimum atomic E-state index is 0.107. The van der Waals surface area contributed by atoms with Gasteiger partial charge in [-0.25, -0.2) is 4.98 Å². The molecule has 0 spiro atoms. The molecule has 0 saturated carbocycles. The SMILES string of the molecule is CNCCC1CCN(C(=O)c2cc(-c3csc(C)n3)c[nH]2)CC1. The molecule has 5 nitrogen and oxygen atoms in total. The molecule has 2 aromatic rings. The van der Waals surface area contributed by atoms with E-state index >= 15 is 0 Å². The van der Waals surface area contributed by atoms with E-state index in [1.165, 1.54) is 6.42 Å². The Hall–Kier alpha value is -1.66. The number of aryl methyl sites for hydroxylation is 1. The van der Waals surface area contributed by atoms with Crippen LogP contribution in [0.2, 0.25) is 0 Å². The average molecular weight is 332 g/mol. The lowest BCUT2D eigenvalue weighted by atomic mass is 9.93. The van der Waals surface area contributed by atoms with E-state index in [1.54, 1.807) is 11.3 Å². The van der Waals surface area contributed by atoms with E-state index in [1.807, 2.05) is 36.5 Å². The number of aromatic nitrogens is 2. The number of nitrogens with one attached hydrogen (secondary N) is 2. The van der Waals surface area contributed by atoms with Gasteiger partial charge in [0.25, 0.3) is 5.91 Å². The van der Waals surface area contributed by atoms with E-state index in [4.69, 9.17) is 0 Å². The normalized spacial score (nSPS) is 16.0. The number of thiazole rings is 1. The second-order valence-corrected chi connectivity index (χ2v) is 7.24. The first kappa shape index (κ1) is 16.2. The van der Waals surface area contributed by atoms with Gasteiger partial charge in [-0.3, -0.25) is 4.79 Å². The van der Waals surface area contributed by atoms with Gasteiger partial charge < -0.3 is 15.2 Å². The molecule has 2 aromatic heterocycles. The zero-order chi connectivity index (χ0) is 16.2. The van der Waals surface area contributed by atoms with Crippen LogP contribution in [0.1, 0.15) is 34.8 Å². The summed E-state index contributed by atoms with van der Waals surface area (Å²) >= 11 is 1.63. The summed E-state index contributed by atoms with van der Waals surface area (Å²) in [7, 11) is 1.99. The quantitative estimate of drug-likeness (QED) is 0.885. The smallest absolute Gasteiger partial charge is 0.270 e. The lowest BCUT2D eigenvalue weighted by Gasteiger charge is -2.31. The van der Waals surface area contributed by atoms with Gasteiger partial charge in [0.1, 0.15) is 5.69 Å². The zero-order valence-electron chi connectivity index (χ0n) is 13.8. The van der Waals surface area contributed by atoms with Crippen molar-refractivity contribution in [2.24, 2.45) is 5.92 Å². The van der Waals surface area contributed by atoms with Crippen LogP contribution in [-0.4, -0.2) is 47.5 Å². The molecule has 1 aliphatic heterocycles. The highest BCUT2D eigenvalue weighted by Gasteiger charge is 2.24. The van der Waals surface area contributed by atoms with E-state index in [2.05, 4.69) is 15.3 Å². The predicted molar refractivity (Wildman–Crippen MR) is 93.8 cm³/mol. The Labute approximate surface area is 141 Å². The van der Waals surface area contributed by atoms with Crippen LogP contribution in [0.15, 0.2) is 17.6 Å². The fourth-order valence-electron chi connectivity index (χ4n) is 3.11. The third-order valence-electron chi connectivity index (χ3n) is 4.53. The third kappa shape index (κ3) is 3.82. The Morgan fingerprint density at radius 2 is 2.26 bits per heavy atom. The van der Waals surface area contributed by atoms with Crippen molar-refractivity contribution < 1.29 is 4.79 Å². The minimum Gasteiger partial charge on any atom is -0.357 e. The van der Waals surface area contributed by atoms with Crippen molar-refractivity contribution >= 4 is 17.2 Å². The topological polar surface area (TPSA) is 61.0 Å². The molecule has 0 radical (unpaired) electrons. The van der Waals surface area contributed by atoms with Gasteiger partial charge in [-0.15, -0.1) is 11.3 Å². The van der Waals surface area contributed by atoms with Gasteiger partial charge in [0.15, 0.2) is 0 Å². The minimum absolute atomic E-state index is 0.107. The molecule has 1 saturated heterocycles. The molecule has 124 valence electrons. The molecule has 3 rings (SSSR count). The van der Waals surface area contributed by atoms with E-state index in [-0.39, 0.29) is 5.91 Å². The highest BCUT2D eigenvalue weighted by molar-refractivity contribution is 7.09. The highest BCUT2D eigenvalue weighted by atomic mass is 32.1. The standard InChI is InChI=1S/C17H24N4OS/c1-12-20-16(11-23-12)14-9-15(19-10-14)17(22)21-7-4-13(5-8-21)3-6-18-2/h9-11,13,18-19H,3-8H2,1-2H3. The Kier molecular flexibility index (Phi) is 5.13. The predicted octanol–water partition coefficient (Wildman–Crippen LogP) is 2.91. The van der Waals surface area contributed by atoms with Crippen molar-refractivity contribution in [1.29, 1.82) is 0 Å². The number of rotatable bonds is 5. The van der Waals surface area contributed by atoms with Crippen LogP contribution in [0.25, 0.3) is 11.3 Å². The molecule has 0 aromatic carbocycles. The van der Waals surface area contributed by atoms with Crippen molar-refractivity contribution in [1.82, 2.24) is 20.2 Å². The molecular weight excluding hydrogens is 308 g/mol. The Bertz CT molecular complexity index is 655. The summed E-state index contributed by atoms with van der Waals surface area (Å²) in [6.45, 7) is 4.77. The second kappa shape index (κ2) is 7.27. The van der Waals surface area contributed by atoms with Crippen LogP contribution in [0, 0.1) is 12.8 Å². The van der Waals surface area contributed by atoms with Gasteiger partial charge in [0.2, 0.25) is 0 Å². The maximum absolute atomic E-state index is 12.6. The number of piperidine rings is 1. The Morgan fingerprint density at radius 3 is 2.91 bits per heavy atom. The number of carbonyl (C=O) groups is 1. The summed E-state index contributed by atoms with van der Waals surface area (Å²) in [5.41, 5.74) is 2.59. The van der Waals surface area contributed by atoms with Gasteiger partial charge in [-0.1, -0.05) is 0 Å². The first-order valence-corrected chi connectivity index (χ1v) is 9.10. The van der Waals surface area contributed by atoms with Crippen LogP contribution >= 0.6 is 11.3 Å². The molecule has 0 bridgehead atoms. The first-order chi connectivity index (χ1) is 11.2. The molecule has 0 aliphatic carbocycles. The van der Waals surface area contributed by atoms with E-state index in [0.717, 1.165) is 54.7 Å². The fourth-order valence-corrected chi connectivity index (χ4v) is 3.73. The zero-order valence-corrected chi connectivity index (χ0v) is 14.6. The van der Waals surface area contributed by atoms with Crippen LogP contribution < -0.4 is 5.32 Å². The van der Waals surface area contributed by atoms with Crippen LogP contribution in [0.3, 0.4) is 0 Å². The van der Waals surface area contributed by atoms with Crippen LogP contribution in [-0.2, 0) is 0 Å². The number of likely N-dealkylation sites (tertiary alicyclic amines) is 1. The third-order valence-corrected chi connectivity index (χ3v) is 5.31. The van der Waals surface area contributed by atoms with Crippen molar-refractivity contribution in [2.75, 3.05) is 26.7 Å². The second-order valence-electron chi connectivity index (χ2n) is 6.18. The van der Waals surface area contributed by atoms with Crippen molar-refractivity contribution in [3.8, 4) is 11.3 Å². The molecular formula is C17H24N4OS. The number of hydrogen-bond donors (Lipinski definition) is 2. The van der Waals surface area contributed by atoms with Gasteiger partial charge in [0, 0.05) is 30.2 Å². The number of carbonyl (C=O) groups excluding carboxylic acids is 1. The lowest BCUT2D eigenvalue weighted by Crippen LogP contribution is -2.39. The van der Waals surface area contributed by atoms with Gasteiger partial charge in [-0.2, -0.15) is 0 Å². The molecule has 23 heavy (non-hydrogen) atoms. The first-order valence-electron chi connectivity index (χ1n) is 8.22. The number of amides is 1. The number of H-pyrrole nitrogens is 1. The molecule has 1 amide bonds. The largest absolute Gasteiger partial charge is 0.357 e. The number of nitrogens with zero attached hydrogens (tertiary/aromatic N) is 2. The molecule has 0 atom stereocenters. The Balaban J connectivity index is 1.60. The van der Waals surface area contributed by atoms with Crippen molar-refractivity contribution in [2.45, 2.75) is 26.2 Å². The summed E-state index contributed by atoms with van der Waals surface area (Å²) in [4.78, 5) is 22.2. The van der Waals surface area contributed by atoms with Crippen LogP contribution in [0.5, 0.6) is 0 Å². The maximum atomic E-state index is 12.6. The molecule has 2 N–H and O–H groups in total. The maximum Gasteiger partial charge on any atom is 0.270 e. The monoisotopic (exact) mass is 332 g/mol. The van der Waals surface area contributed by atoms with Crippen molar-refractivity contribution in [3.63, 3.8) is 0 Å². The summed E-state index contributed by atoms with van der Waals surface area (Å²) in [5, 5.41) is 6.27. The van der Waals surface area contributed by atoms with Gasteiger partial charge >= 0.3 is 0 Å². The molecule has 0 unspecified atom stereocenters. The average Bonchev–Trinajstić information content (AvgIpc) is 3.21.